The number of hydrogen-bond acceptors (Lipinski definition) is 7. The molecule has 0 bridgehead atoms. The van der Waals surface area contributed by atoms with Crippen molar-refractivity contribution >= 4 is 46.6 Å². The number of carbonyl (C=O) groups is 1. The summed E-state index contributed by atoms with van der Waals surface area (Å²) in [7, 11) is 0. The zero-order valence-electron chi connectivity index (χ0n) is 20.9. The fourth-order valence-corrected chi connectivity index (χ4v) is 5.54. The monoisotopic (exact) mass is 570 g/mol. The first-order valence-electron chi connectivity index (χ1n) is 11.8. The third-order valence-electron chi connectivity index (χ3n) is 5.63. The van der Waals surface area contributed by atoms with Crippen LogP contribution < -0.4 is 24.4 Å². The number of carbonyl (C=O) groups excluding carboxylic acids is 1. The molecule has 0 saturated heterocycles. The number of halogens is 2. The maximum atomic E-state index is 13.8. The average Bonchev–Trinajstić information content (AvgIpc) is 3.17. The normalized spacial score (nSPS) is 14.9. The van der Waals surface area contributed by atoms with E-state index in [1.54, 1.807) is 56.3 Å². The molecule has 1 aromatic heterocycles. The fraction of sp³-hybridized carbons (Fsp3) is 0.250. The predicted molar refractivity (Wildman–Crippen MR) is 149 cm³/mol. The van der Waals surface area contributed by atoms with Gasteiger partial charge in [0.15, 0.2) is 16.3 Å². The van der Waals surface area contributed by atoms with E-state index < -0.39 is 12.0 Å². The SMILES string of the molecule is C#CCOc1c(Cl)cc(/C=c2\sc3n(c2=O)[C@@H](c2ccc(Cl)cc2)C(C(=O)OCC)=C(C)N=3)cc1OCC. The van der Waals surface area contributed by atoms with E-state index >= 15 is 0 Å². The Balaban J connectivity index is 1.90. The van der Waals surface area contributed by atoms with Crippen LogP contribution in [0.5, 0.6) is 11.5 Å². The first-order chi connectivity index (χ1) is 18.3. The number of aromatic nitrogens is 1. The molecule has 0 amide bonds. The Kier molecular flexibility index (Phi) is 8.62. The lowest BCUT2D eigenvalue weighted by Gasteiger charge is -2.24. The van der Waals surface area contributed by atoms with Crippen LogP contribution in [0.3, 0.4) is 0 Å². The van der Waals surface area contributed by atoms with Crippen molar-refractivity contribution < 1.29 is 19.0 Å². The summed E-state index contributed by atoms with van der Waals surface area (Å²) in [6, 6.07) is 9.66. The van der Waals surface area contributed by atoms with Gasteiger partial charge >= 0.3 is 5.97 Å². The van der Waals surface area contributed by atoms with E-state index in [1.807, 2.05) is 6.92 Å². The van der Waals surface area contributed by atoms with Crippen LogP contribution in [0.1, 0.15) is 37.9 Å². The molecule has 196 valence electrons. The molecule has 0 fully saturated rings. The van der Waals surface area contributed by atoms with Crippen molar-refractivity contribution in [2.24, 2.45) is 4.99 Å². The predicted octanol–water partition coefficient (Wildman–Crippen LogP) is 4.52. The molecule has 0 spiro atoms. The number of thiazole rings is 1. The van der Waals surface area contributed by atoms with Gasteiger partial charge in [-0.15, -0.1) is 6.42 Å². The Morgan fingerprint density at radius 1 is 1.18 bits per heavy atom. The number of ether oxygens (including phenoxy) is 3. The van der Waals surface area contributed by atoms with Crippen molar-refractivity contribution in [1.82, 2.24) is 4.57 Å². The summed E-state index contributed by atoms with van der Waals surface area (Å²) >= 11 is 13.8. The minimum absolute atomic E-state index is 0.0323. The smallest absolute Gasteiger partial charge is 0.338 e. The molecule has 0 N–H and O–H groups in total. The molecule has 0 unspecified atom stereocenters. The van der Waals surface area contributed by atoms with E-state index in [4.69, 9.17) is 43.8 Å². The van der Waals surface area contributed by atoms with Crippen LogP contribution in [0.4, 0.5) is 0 Å². The van der Waals surface area contributed by atoms with E-state index in [2.05, 4.69) is 10.9 Å². The number of rotatable bonds is 8. The van der Waals surface area contributed by atoms with E-state index in [9.17, 15) is 9.59 Å². The zero-order valence-corrected chi connectivity index (χ0v) is 23.2. The minimum Gasteiger partial charge on any atom is -0.490 e. The van der Waals surface area contributed by atoms with Crippen LogP contribution in [0.15, 0.2) is 57.5 Å². The first kappa shape index (κ1) is 27.5. The van der Waals surface area contributed by atoms with Crippen LogP contribution in [0, 0.1) is 12.3 Å². The van der Waals surface area contributed by atoms with Gasteiger partial charge in [-0.25, -0.2) is 9.79 Å². The molecule has 7 nitrogen and oxygen atoms in total. The van der Waals surface area contributed by atoms with E-state index in [0.717, 1.165) is 0 Å². The number of nitrogens with zero attached hydrogens (tertiary/aromatic N) is 2. The number of esters is 1. The fourth-order valence-electron chi connectivity index (χ4n) is 4.09. The Hall–Kier alpha value is -3.51. The molecule has 1 atom stereocenters. The summed E-state index contributed by atoms with van der Waals surface area (Å²) in [5.74, 6) is 2.62. The molecule has 2 aromatic carbocycles. The Bertz CT molecular complexity index is 1630. The maximum Gasteiger partial charge on any atom is 0.338 e. The Labute approximate surface area is 233 Å². The first-order valence-corrected chi connectivity index (χ1v) is 13.3. The van der Waals surface area contributed by atoms with E-state index in [1.165, 1.54) is 15.9 Å². The number of fused-ring (bicyclic) bond motifs is 1. The molecule has 0 radical (unpaired) electrons. The summed E-state index contributed by atoms with van der Waals surface area (Å²) in [4.78, 5) is 31.8. The highest BCUT2D eigenvalue weighted by Crippen LogP contribution is 2.37. The number of allylic oxidation sites excluding steroid dienone is 1. The highest BCUT2D eigenvalue weighted by molar-refractivity contribution is 7.07. The van der Waals surface area contributed by atoms with Gasteiger partial charge in [0.2, 0.25) is 0 Å². The topological polar surface area (TPSA) is 79.1 Å². The van der Waals surface area contributed by atoms with Crippen LogP contribution in [0.25, 0.3) is 6.08 Å². The van der Waals surface area contributed by atoms with Crippen molar-refractivity contribution in [2.75, 3.05) is 19.8 Å². The van der Waals surface area contributed by atoms with Gasteiger partial charge in [0, 0.05) is 5.02 Å². The van der Waals surface area contributed by atoms with Crippen LogP contribution in [0.2, 0.25) is 10.0 Å². The van der Waals surface area contributed by atoms with Gasteiger partial charge < -0.3 is 14.2 Å². The maximum absolute atomic E-state index is 13.8. The van der Waals surface area contributed by atoms with Crippen molar-refractivity contribution in [2.45, 2.75) is 26.8 Å². The van der Waals surface area contributed by atoms with Gasteiger partial charge in [-0.3, -0.25) is 9.36 Å². The molecule has 0 saturated carbocycles. The molecule has 0 aliphatic carbocycles. The van der Waals surface area contributed by atoms with Gasteiger partial charge in [0.25, 0.3) is 5.56 Å². The molecule has 3 aromatic rings. The van der Waals surface area contributed by atoms with Gasteiger partial charge in [-0.2, -0.15) is 0 Å². The van der Waals surface area contributed by atoms with Gasteiger partial charge in [0.05, 0.1) is 40.1 Å². The average molecular weight is 571 g/mol. The van der Waals surface area contributed by atoms with Crippen molar-refractivity contribution in [3.05, 3.63) is 88.5 Å². The lowest BCUT2D eigenvalue weighted by atomic mass is 9.96. The zero-order chi connectivity index (χ0) is 27.4. The van der Waals surface area contributed by atoms with E-state index in [-0.39, 0.29) is 18.8 Å². The largest absolute Gasteiger partial charge is 0.490 e. The third kappa shape index (κ3) is 5.51. The summed E-state index contributed by atoms with van der Waals surface area (Å²) in [6.07, 6.45) is 7.01. The second kappa shape index (κ2) is 11.9. The third-order valence-corrected chi connectivity index (χ3v) is 7.15. The highest BCUT2D eigenvalue weighted by Gasteiger charge is 2.33. The van der Waals surface area contributed by atoms with Crippen LogP contribution >= 0.6 is 34.5 Å². The molecule has 1 aliphatic rings. The standard InChI is InChI=1S/C28H24Cl2N2O5S/c1-5-12-37-25-20(30)13-17(14-21(25)35-6-2)15-22-26(33)32-24(18-8-10-19(29)11-9-18)23(27(34)36-7-3)16(4)31-28(32)38-22/h1,8-11,13-15,24H,6-7,12H2,2-4H3/b22-15-/t24-/m0/s1. The number of terminal acetylenes is 1. The molecular weight excluding hydrogens is 547 g/mol. The van der Waals surface area contributed by atoms with Gasteiger partial charge in [-0.05, 0) is 62.2 Å². The lowest BCUT2D eigenvalue weighted by Crippen LogP contribution is -2.39. The van der Waals surface area contributed by atoms with Crippen molar-refractivity contribution in [3.8, 4) is 23.8 Å². The molecule has 4 rings (SSSR count). The highest BCUT2D eigenvalue weighted by atomic mass is 35.5. The number of benzene rings is 2. The summed E-state index contributed by atoms with van der Waals surface area (Å²) in [5.41, 5.74) is 1.79. The quantitative estimate of drug-likeness (QED) is 0.294. The van der Waals surface area contributed by atoms with Gasteiger partial charge in [-0.1, -0.05) is 52.6 Å². The Morgan fingerprint density at radius 3 is 2.58 bits per heavy atom. The molecule has 2 heterocycles. The van der Waals surface area contributed by atoms with E-state index in [0.29, 0.717) is 59.9 Å². The summed E-state index contributed by atoms with van der Waals surface area (Å²) < 4.78 is 18.5. The van der Waals surface area contributed by atoms with Crippen molar-refractivity contribution in [1.29, 1.82) is 0 Å². The van der Waals surface area contributed by atoms with Crippen molar-refractivity contribution in [3.63, 3.8) is 0 Å². The number of hydrogen-bond donors (Lipinski definition) is 0. The second-order valence-corrected chi connectivity index (χ2v) is 9.96. The van der Waals surface area contributed by atoms with Gasteiger partial charge in [0.1, 0.15) is 6.61 Å². The molecule has 38 heavy (non-hydrogen) atoms. The minimum atomic E-state index is -0.730. The van der Waals surface area contributed by atoms with Crippen LogP contribution in [-0.2, 0) is 9.53 Å². The molecule has 1 aliphatic heterocycles. The molecular formula is C28H24Cl2N2O5S. The summed E-state index contributed by atoms with van der Waals surface area (Å²) in [6.45, 7) is 5.90. The summed E-state index contributed by atoms with van der Waals surface area (Å²) in [5, 5.41) is 0.834. The Morgan fingerprint density at radius 2 is 1.92 bits per heavy atom. The molecule has 10 heteroatoms. The second-order valence-electron chi connectivity index (χ2n) is 8.11. The van der Waals surface area contributed by atoms with Crippen LogP contribution in [-0.4, -0.2) is 30.4 Å². The lowest BCUT2D eigenvalue weighted by molar-refractivity contribution is -0.139.